The highest BCUT2D eigenvalue weighted by atomic mass is 16.7. The number of carbonyl (C=O) groups excluding carboxylic acids is 2. The lowest BCUT2D eigenvalue weighted by atomic mass is 10.1. The van der Waals surface area contributed by atoms with Crippen molar-refractivity contribution in [2.24, 2.45) is 10.7 Å². The summed E-state index contributed by atoms with van der Waals surface area (Å²) in [6, 6.07) is 0.881. The Bertz CT molecular complexity index is 855. The van der Waals surface area contributed by atoms with E-state index in [-0.39, 0.29) is 19.4 Å². The molecule has 0 radical (unpaired) electrons. The Balaban J connectivity index is 2.91. The van der Waals surface area contributed by atoms with Crippen LogP contribution in [0.5, 0.6) is 0 Å². The number of carbonyl (C=O) groups is 2. The van der Waals surface area contributed by atoms with Crippen LogP contribution in [0, 0.1) is 30.3 Å². The Morgan fingerprint density at radius 1 is 1.10 bits per heavy atom. The van der Waals surface area contributed by atoms with Gasteiger partial charge in [-0.15, -0.1) is 0 Å². The van der Waals surface area contributed by atoms with Gasteiger partial charge in [0.2, 0.25) is 0 Å². The van der Waals surface area contributed by atoms with Crippen molar-refractivity contribution in [3.8, 4) is 0 Å². The fraction of sp³-hybridized carbons (Fsp3) is 0.308. The highest BCUT2D eigenvalue weighted by Crippen LogP contribution is 2.22. The van der Waals surface area contributed by atoms with Crippen molar-refractivity contribution in [3.63, 3.8) is 0 Å². The lowest BCUT2D eigenvalue weighted by Gasteiger charge is -2.16. The van der Waals surface area contributed by atoms with Gasteiger partial charge in [-0.05, 0) is 12.8 Å². The maximum absolute atomic E-state index is 12.3. The van der Waals surface area contributed by atoms with E-state index >= 15 is 0 Å². The molecule has 1 aromatic carbocycles. The van der Waals surface area contributed by atoms with Crippen LogP contribution in [0.1, 0.15) is 23.2 Å². The minimum absolute atomic E-state index is 0.0769. The first kappa shape index (κ1) is 23.6. The molecule has 0 saturated carbocycles. The molecule has 0 aliphatic carbocycles. The highest BCUT2D eigenvalue weighted by molar-refractivity contribution is 5.98. The third kappa shape index (κ3) is 7.31. The number of nitro benzene ring substituents is 2. The topological polar surface area (TPSA) is 258 Å². The van der Waals surface area contributed by atoms with Crippen LogP contribution in [0.3, 0.4) is 0 Å². The van der Waals surface area contributed by atoms with E-state index in [9.17, 15) is 39.9 Å². The Morgan fingerprint density at radius 3 is 2.13 bits per heavy atom. The van der Waals surface area contributed by atoms with Crippen molar-refractivity contribution in [2.75, 3.05) is 6.54 Å². The predicted molar refractivity (Wildman–Crippen MR) is 96.8 cm³/mol. The van der Waals surface area contributed by atoms with Crippen LogP contribution in [0.25, 0.3) is 0 Å². The van der Waals surface area contributed by atoms with Crippen LogP contribution < -0.4 is 22.0 Å². The smallest absolute Gasteiger partial charge is 0.277 e. The SMILES string of the molecule is NC(=NCCC[C@H](NC(=O)c1cc([N+](=O)[O-])cc([N+](=O)[O-])c1)C(=O)NO)N[N+](=O)[O-]. The number of hydrogen-bond donors (Lipinski definition) is 5. The zero-order chi connectivity index (χ0) is 22.8. The van der Waals surface area contributed by atoms with Crippen molar-refractivity contribution >= 4 is 29.1 Å². The first-order chi connectivity index (χ1) is 14.0. The van der Waals surface area contributed by atoms with Gasteiger partial charge in [0.1, 0.15) is 6.04 Å². The summed E-state index contributed by atoms with van der Waals surface area (Å²) in [7, 11) is 0. The van der Waals surface area contributed by atoms with Gasteiger partial charge < -0.3 is 11.1 Å². The molecule has 0 bridgehead atoms. The molecule has 6 N–H and O–H groups in total. The molecule has 0 heterocycles. The number of nitro groups is 3. The lowest BCUT2D eigenvalue weighted by molar-refractivity contribution is -0.525. The fourth-order valence-electron chi connectivity index (χ4n) is 2.15. The number of benzene rings is 1. The van der Waals surface area contributed by atoms with E-state index in [4.69, 9.17) is 10.9 Å². The second-order valence-corrected chi connectivity index (χ2v) is 5.53. The van der Waals surface area contributed by atoms with Gasteiger partial charge in [0, 0.05) is 18.7 Å². The van der Waals surface area contributed by atoms with Gasteiger partial charge >= 0.3 is 0 Å². The zero-order valence-electron chi connectivity index (χ0n) is 15.0. The Morgan fingerprint density at radius 2 is 1.67 bits per heavy atom. The zero-order valence-corrected chi connectivity index (χ0v) is 15.0. The quantitative estimate of drug-likeness (QED) is 0.0752. The van der Waals surface area contributed by atoms with Crippen LogP contribution in [0.2, 0.25) is 0 Å². The maximum atomic E-state index is 12.3. The Labute approximate surface area is 166 Å². The number of non-ortho nitro benzene ring substituents is 2. The molecule has 1 atom stereocenters. The van der Waals surface area contributed by atoms with E-state index in [1.807, 2.05) is 0 Å². The summed E-state index contributed by atoms with van der Waals surface area (Å²) in [4.78, 5) is 57.8. The first-order valence-electron chi connectivity index (χ1n) is 7.94. The van der Waals surface area contributed by atoms with E-state index in [2.05, 4.69) is 10.3 Å². The van der Waals surface area contributed by atoms with Crippen LogP contribution in [0.4, 0.5) is 11.4 Å². The minimum atomic E-state index is -1.35. The molecule has 0 saturated heterocycles. The number of hydroxylamine groups is 1. The molecular weight excluding hydrogens is 412 g/mol. The van der Waals surface area contributed by atoms with E-state index in [1.54, 1.807) is 5.43 Å². The molecule has 162 valence electrons. The molecule has 0 aliphatic heterocycles. The summed E-state index contributed by atoms with van der Waals surface area (Å²) in [6.45, 7) is -0.0833. The molecule has 0 aromatic heterocycles. The van der Waals surface area contributed by atoms with Crippen molar-refractivity contribution in [2.45, 2.75) is 18.9 Å². The minimum Gasteiger partial charge on any atom is -0.365 e. The summed E-state index contributed by atoms with van der Waals surface area (Å²) >= 11 is 0. The van der Waals surface area contributed by atoms with Crippen molar-refractivity contribution in [1.29, 1.82) is 0 Å². The van der Waals surface area contributed by atoms with Crippen molar-refractivity contribution in [1.82, 2.24) is 16.2 Å². The van der Waals surface area contributed by atoms with Gasteiger partial charge in [-0.1, -0.05) is 5.43 Å². The second kappa shape index (κ2) is 10.8. The number of rotatable bonds is 10. The fourth-order valence-corrected chi connectivity index (χ4v) is 2.15. The second-order valence-electron chi connectivity index (χ2n) is 5.53. The molecule has 0 unspecified atom stereocenters. The van der Waals surface area contributed by atoms with Gasteiger partial charge in [-0.25, -0.2) is 20.6 Å². The average molecular weight is 428 g/mol. The number of nitrogens with zero attached hydrogens (tertiary/aromatic N) is 4. The molecule has 1 rings (SSSR count). The highest BCUT2D eigenvalue weighted by Gasteiger charge is 2.24. The van der Waals surface area contributed by atoms with Crippen molar-refractivity contribution in [3.05, 3.63) is 54.1 Å². The summed E-state index contributed by atoms with van der Waals surface area (Å²) in [5, 5.41) is 42.1. The van der Waals surface area contributed by atoms with E-state index < -0.39 is 55.6 Å². The van der Waals surface area contributed by atoms with Gasteiger partial charge in [-0.3, -0.25) is 35.0 Å². The predicted octanol–water partition coefficient (Wildman–Crippen LogP) is -1.02. The summed E-state index contributed by atoms with van der Waals surface area (Å²) < 4.78 is 0. The van der Waals surface area contributed by atoms with Gasteiger partial charge in [0.05, 0.1) is 21.5 Å². The van der Waals surface area contributed by atoms with Crippen LogP contribution in [-0.2, 0) is 4.79 Å². The number of hydrogen-bond acceptors (Lipinski definition) is 10. The van der Waals surface area contributed by atoms with Crippen LogP contribution in [0.15, 0.2) is 23.2 Å². The lowest BCUT2D eigenvalue weighted by Crippen LogP contribution is -2.46. The van der Waals surface area contributed by atoms with E-state index in [0.29, 0.717) is 6.07 Å². The normalized spacial score (nSPS) is 11.8. The number of hydrazine groups is 1. The number of amides is 2. The molecule has 2 amide bonds. The molecule has 0 spiro atoms. The first-order valence-corrected chi connectivity index (χ1v) is 7.94. The largest absolute Gasteiger partial charge is 0.365 e. The van der Waals surface area contributed by atoms with Gasteiger partial charge in [-0.2, -0.15) is 0 Å². The number of nitrogens with one attached hydrogen (secondary N) is 3. The summed E-state index contributed by atoms with van der Waals surface area (Å²) in [6.07, 6.45) is -0.0437. The molecular formula is C13H16N8O9. The van der Waals surface area contributed by atoms with Gasteiger partial charge in [0.15, 0.2) is 5.03 Å². The Hall–Kier alpha value is -4.41. The molecule has 17 heteroatoms. The molecule has 17 nitrogen and oxygen atoms in total. The Kier molecular flexibility index (Phi) is 8.51. The summed E-state index contributed by atoms with van der Waals surface area (Å²) in [5.74, 6) is -2.58. The van der Waals surface area contributed by atoms with Crippen LogP contribution in [-0.4, -0.2) is 50.4 Å². The molecule has 0 aliphatic rings. The third-order valence-corrected chi connectivity index (χ3v) is 3.46. The molecule has 30 heavy (non-hydrogen) atoms. The van der Waals surface area contributed by atoms with Gasteiger partial charge in [0.25, 0.3) is 29.1 Å². The molecule has 0 fully saturated rings. The standard InChI is InChI=1S/C13H16N8O9/c14-13(17-21(29)30)15-3-1-2-10(12(23)18-24)16-11(22)7-4-8(19(25)26)6-9(5-7)20(27)28/h4-6,10,24H,1-3H2,(H,16,22)(H,18,23)(H3,14,15,17)/t10-/m0/s1. The van der Waals surface area contributed by atoms with Crippen LogP contribution >= 0.6 is 0 Å². The number of guanidine groups is 1. The third-order valence-electron chi connectivity index (χ3n) is 3.46. The van der Waals surface area contributed by atoms with E-state index in [0.717, 1.165) is 12.1 Å². The monoisotopic (exact) mass is 428 g/mol. The van der Waals surface area contributed by atoms with Crippen molar-refractivity contribution < 1.29 is 29.7 Å². The number of nitrogens with two attached hydrogens (primary N) is 1. The average Bonchev–Trinajstić information content (AvgIpc) is 2.68. The number of aliphatic imine (C=N–C) groups is 1. The maximum Gasteiger partial charge on any atom is 0.277 e. The van der Waals surface area contributed by atoms with E-state index in [1.165, 1.54) is 5.48 Å². The molecule has 1 aromatic rings. The summed E-state index contributed by atoms with van der Waals surface area (Å²) in [5.41, 5.74) is 6.26.